The first-order chi connectivity index (χ1) is 10.2. The van der Waals surface area contributed by atoms with Crippen LogP contribution in [-0.2, 0) is 19.6 Å². The van der Waals surface area contributed by atoms with Crippen LogP contribution in [-0.4, -0.2) is 12.2 Å². The van der Waals surface area contributed by atoms with Crippen molar-refractivity contribution >= 4 is 11.6 Å². The second-order valence-electron chi connectivity index (χ2n) is 4.71. The van der Waals surface area contributed by atoms with Crippen molar-refractivity contribution < 1.29 is 14.6 Å². The zero-order chi connectivity index (χ0) is 15.2. The topological polar surface area (TPSA) is 38.7 Å². The van der Waals surface area contributed by atoms with Gasteiger partial charge in [-0.05, 0) is 23.6 Å². The van der Waals surface area contributed by atoms with Crippen molar-refractivity contribution in [1.82, 2.24) is 0 Å². The summed E-state index contributed by atoms with van der Waals surface area (Å²) in [6.07, 6.45) is 1.01. The molecule has 0 amide bonds. The van der Waals surface area contributed by atoms with Crippen molar-refractivity contribution in [2.75, 3.05) is 7.11 Å². The highest BCUT2D eigenvalue weighted by Gasteiger charge is 2.12. The third kappa shape index (κ3) is 3.90. The Bertz CT molecular complexity index is 568. The van der Waals surface area contributed by atoms with Gasteiger partial charge in [-0.1, -0.05) is 42.8 Å². The number of hydrogen-bond donors (Lipinski definition) is 1. The van der Waals surface area contributed by atoms with Crippen LogP contribution in [0.3, 0.4) is 0 Å². The molecule has 0 atom stereocenters. The van der Waals surface area contributed by atoms with Gasteiger partial charge >= 0.3 is 0 Å². The molecule has 0 aliphatic rings. The first kappa shape index (κ1) is 15.7. The number of aliphatic hydroxyl groups is 1. The molecule has 2 aromatic carbocycles. The smallest absolute Gasteiger partial charge is 0.167 e. The molecule has 21 heavy (non-hydrogen) atoms. The highest BCUT2D eigenvalue weighted by molar-refractivity contribution is 6.30. The molecule has 0 spiro atoms. The summed E-state index contributed by atoms with van der Waals surface area (Å²) in [5, 5.41) is 9.94. The largest absolute Gasteiger partial charge is 0.493 e. The average Bonchev–Trinajstić information content (AvgIpc) is 2.53. The first-order valence-electron chi connectivity index (χ1n) is 6.85. The van der Waals surface area contributed by atoms with Crippen LogP contribution in [0.1, 0.15) is 23.6 Å². The Balaban J connectivity index is 2.18. The molecule has 1 N–H and O–H groups in total. The van der Waals surface area contributed by atoms with Gasteiger partial charge < -0.3 is 14.6 Å². The number of aliphatic hydroxyl groups excluding tert-OH is 1. The normalized spacial score (nSPS) is 10.5. The zero-order valence-corrected chi connectivity index (χ0v) is 13.0. The van der Waals surface area contributed by atoms with E-state index in [1.165, 1.54) is 5.56 Å². The van der Waals surface area contributed by atoms with Crippen LogP contribution >= 0.6 is 11.6 Å². The number of aryl methyl sites for hydroxylation is 1. The summed E-state index contributed by atoms with van der Waals surface area (Å²) in [4.78, 5) is 0. The summed E-state index contributed by atoms with van der Waals surface area (Å²) < 4.78 is 11.1. The second-order valence-corrected chi connectivity index (χ2v) is 5.15. The second kappa shape index (κ2) is 7.34. The van der Waals surface area contributed by atoms with Gasteiger partial charge in [0, 0.05) is 16.7 Å². The predicted octanol–water partition coefficient (Wildman–Crippen LogP) is 3.98. The lowest BCUT2D eigenvalue weighted by Crippen LogP contribution is -2.01. The van der Waals surface area contributed by atoms with Gasteiger partial charge in [0.25, 0.3) is 0 Å². The molecule has 4 heteroatoms. The van der Waals surface area contributed by atoms with E-state index in [1.807, 2.05) is 12.1 Å². The molecular weight excluding hydrogens is 288 g/mol. The van der Waals surface area contributed by atoms with Crippen LogP contribution in [0.4, 0.5) is 0 Å². The number of methoxy groups -OCH3 is 1. The van der Waals surface area contributed by atoms with Crippen molar-refractivity contribution in [2.45, 2.75) is 26.6 Å². The molecule has 0 bridgehead atoms. The molecule has 0 fully saturated rings. The fourth-order valence-electron chi connectivity index (χ4n) is 2.08. The van der Waals surface area contributed by atoms with Gasteiger partial charge in [-0.2, -0.15) is 0 Å². The summed E-state index contributed by atoms with van der Waals surface area (Å²) in [6, 6.07) is 11.6. The first-order valence-corrected chi connectivity index (χ1v) is 7.23. The van der Waals surface area contributed by atoms with E-state index in [0.717, 1.165) is 12.0 Å². The maximum atomic E-state index is 9.43. The number of rotatable bonds is 6. The Hall–Kier alpha value is -1.71. The van der Waals surface area contributed by atoms with Gasteiger partial charge in [0.2, 0.25) is 0 Å². The van der Waals surface area contributed by atoms with E-state index < -0.39 is 0 Å². The third-order valence-corrected chi connectivity index (χ3v) is 3.52. The molecule has 0 aliphatic heterocycles. The SMILES string of the molecule is CCc1ccc(COc2c(CO)cc(Cl)cc2OC)cc1. The Morgan fingerprint density at radius 2 is 1.76 bits per heavy atom. The quantitative estimate of drug-likeness (QED) is 0.877. The van der Waals surface area contributed by atoms with E-state index in [-0.39, 0.29) is 6.61 Å². The van der Waals surface area contributed by atoms with Crippen LogP contribution in [0.15, 0.2) is 36.4 Å². The van der Waals surface area contributed by atoms with Gasteiger partial charge in [0.05, 0.1) is 13.7 Å². The van der Waals surface area contributed by atoms with Gasteiger partial charge in [-0.15, -0.1) is 0 Å². The predicted molar refractivity (Wildman–Crippen MR) is 84.1 cm³/mol. The van der Waals surface area contributed by atoms with Crippen molar-refractivity contribution in [2.24, 2.45) is 0 Å². The van der Waals surface area contributed by atoms with Gasteiger partial charge in [-0.25, -0.2) is 0 Å². The maximum Gasteiger partial charge on any atom is 0.167 e. The number of hydrogen-bond acceptors (Lipinski definition) is 3. The monoisotopic (exact) mass is 306 g/mol. The fraction of sp³-hybridized carbons (Fsp3) is 0.294. The van der Waals surface area contributed by atoms with Crippen molar-refractivity contribution in [1.29, 1.82) is 0 Å². The summed E-state index contributed by atoms with van der Waals surface area (Å²) in [7, 11) is 1.55. The summed E-state index contributed by atoms with van der Waals surface area (Å²) >= 11 is 5.98. The summed E-state index contributed by atoms with van der Waals surface area (Å²) in [5.74, 6) is 1.06. The van der Waals surface area contributed by atoms with E-state index >= 15 is 0 Å². The van der Waals surface area contributed by atoms with Crippen LogP contribution in [0.2, 0.25) is 5.02 Å². The maximum absolute atomic E-state index is 9.43. The van der Waals surface area contributed by atoms with Crippen LogP contribution in [0.25, 0.3) is 0 Å². The minimum Gasteiger partial charge on any atom is -0.493 e. The van der Waals surface area contributed by atoms with Crippen molar-refractivity contribution in [3.8, 4) is 11.5 Å². The van der Waals surface area contributed by atoms with E-state index in [9.17, 15) is 5.11 Å². The molecule has 112 valence electrons. The zero-order valence-electron chi connectivity index (χ0n) is 12.2. The minimum atomic E-state index is -0.152. The molecule has 0 saturated carbocycles. The molecular formula is C17H19ClO3. The van der Waals surface area contributed by atoms with Crippen LogP contribution in [0.5, 0.6) is 11.5 Å². The number of halogens is 1. The molecule has 0 unspecified atom stereocenters. The van der Waals surface area contributed by atoms with Crippen LogP contribution in [0, 0.1) is 0 Å². The Labute approximate surface area is 130 Å². The summed E-state index contributed by atoms with van der Waals surface area (Å²) in [6.45, 7) is 2.38. The molecule has 0 saturated heterocycles. The molecule has 0 radical (unpaired) electrons. The summed E-state index contributed by atoms with van der Waals surface area (Å²) in [5.41, 5.74) is 2.97. The lowest BCUT2D eigenvalue weighted by molar-refractivity contribution is 0.250. The minimum absolute atomic E-state index is 0.152. The molecule has 2 aromatic rings. The van der Waals surface area contributed by atoms with Gasteiger partial charge in [0.1, 0.15) is 6.61 Å². The van der Waals surface area contributed by atoms with Crippen molar-refractivity contribution in [3.05, 3.63) is 58.1 Å². The Morgan fingerprint density at radius 1 is 1.10 bits per heavy atom. The highest BCUT2D eigenvalue weighted by Crippen LogP contribution is 2.35. The third-order valence-electron chi connectivity index (χ3n) is 3.30. The van der Waals surface area contributed by atoms with E-state index in [0.29, 0.717) is 28.7 Å². The highest BCUT2D eigenvalue weighted by atomic mass is 35.5. The van der Waals surface area contributed by atoms with E-state index in [2.05, 4.69) is 19.1 Å². The van der Waals surface area contributed by atoms with Crippen LogP contribution < -0.4 is 9.47 Å². The van der Waals surface area contributed by atoms with E-state index in [1.54, 1.807) is 19.2 Å². The van der Waals surface area contributed by atoms with E-state index in [4.69, 9.17) is 21.1 Å². The number of ether oxygens (including phenoxy) is 2. The number of benzene rings is 2. The molecule has 2 rings (SSSR count). The molecule has 0 heterocycles. The molecule has 0 aliphatic carbocycles. The molecule has 3 nitrogen and oxygen atoms in total. The Kier molecular flexibility index (Phi) is 5.48. The average molecular weight is 307 g/mol. The lowest BCUT2D eigenvalue weighted by atomic mass is 10.1. The van der Waals surface area contributed by atoms with Gasteiger partial charge in [-0.3, -0.25) is 0 Å². The van der Waals surface area contributed by atoms with Gasteiger partial charge in [0.15, 0.2) is 11.5 Å². The fourth-order valence-corrected chi connectivity index (χ4v) is 2.31. The lowest BCUT2D eigenvalue weighted by Gasteiger charge is -2.15. The van der Waals surface area contributed by atoms with Crippen molar-refractivity contribution in [3.63, 3.8) is 0 Å². The molecule has 0 aromatic heterocycles. The standard InChI is InChI=1S/C17H19ClO3/c1-3-12-4-6-13(7-5-12)11-21-17-14(10-19)8-15(18)9-16(17)20-2/h4-9,19H,3,10-11H2,1-2H3. The Morgan fingerprint density at radius 3 is 2.33 bits per heavy atom.